The fourth-order valence-electron chi connectivity index (χ4n) is 4.63. The number of fused-ring (bicyclic) bond motifs is 2. The highest BCUT2D eigenvalue weighted by Crippen LogP contribution is 2.29. The van der Waals surface area contributed by atoms with Gasteiger partial charge in [-0.1, -0.05) is 75.4 Å². The summed E-state index contributed by atoms with van der Waals surface area (Å²) in [7, 11) is 0. The summed E-state index contributed by atoms with van der Waals surface area (Å²) in [4.78, 5) is 12.8. The summed E-state index contributed by atoms with van der Waals surface area (Å²) in [6, 6.07) is 22.8. The Hall–Kier alpha value is -3.60. The lowest BCUT2D eigenvalue weighted by Crippen LogP contribution is -2.38. The number of rotatable bonds is 4. The normalized spacial score (nSPS) is 15.4. The third-order valence-electron chi connectivity index (χ3n) is 6.45. The molecular weight excluding hydrogens is 408 g/mol. The van der Waals surface area contributed by atoms with Crippen LogP contribution in [0.2, 0.25) is 0 Å². The molecule has 1 aliphatic rings. The molecule has 0 saturated carbocycles. The van der Waals surface area contributed by atoms with E-state index in [4.69, 9.17) is 0 Å². The molecule has 1 aliphatic carbocycles. The summed E-state index contributed by atoms with van der Waals surface area (Å²) in [6.07, 6.45) is 3.56. The summed E-state index contributed by atoms with van der Waals surface area (Å²) in [6.45, 7) is 7.39. The fraction of sp³-hybridized carbons (Fsp3) is 0.286. The number of anilines is 1. The Morgan fingerprint density at radius 2 is 1.79 bits per heavy atom. The molecule has 0 aliphatic heterocycles. The van der Waals surface area contributed by atoms with Crippen LogP contribution in [0.5, 0.6) is 0 Å². The Labute approximate surface area is 194 Å². The number of nitrogens with zero attached hydrogens (tertiary/aromatic N) is 2. The number of hydrogen-bond acceptors (Lipinski definition) is 2. The van der Waals surface area contributed by atoms with Crippen LogP contribution in [-0.2, 0) is 24.8 Å². The van der Waals surface area contributed by atoms with Crippen LogP contribution in [0, 0.1) is 0 Å². The van der Waals surface area contributed by atoms with E-state index in [9.17, 15) is 4.79 Å². The van der Waals surface area contributed by atoms with Crippen molar-refractivity contribution in [3.8, 4) is 0 Å². The number of benzene rings is 3. The van der Waals surface area contributed by atoms with Gasteiger partial charge in [-0.05, 0) is 52.6 Å². The van der Waals surface area contributed by atoms with Gasteiger partial charge < -0.3 is 10.6 Å². The highest BCUT2D eigenvalue weighted by atomic mass is 16.2. The zero-order valence-corrected chi connectivity index (χ0v) is 19.4. The molecule has 4 aromatic rings. The number of carbonyl (C=O) groups is 1. The first-order valence-corrected chi connectivity index (χ1v) is 11.5. The minimum atomic E-state index is -0.174. The lowest BCUT2D eigenvalue weighted by Gasteiger charge is -2.19. The van der Waals surface area contributed by atoms with E-state index in [1.165, 1.54) is 22.3 Å². The number of amides is 2. The highest BCUT2D eigenvalue weighted by Gasteiger charge is 2.25. The lowest BCUT2D eigenvalue weighted by molar-refractivity contribution is 0.249. The topological polar surface area (TPSA) is 59.0 Å². The monoisotopic (exact) mass is 438 g/mol. The van der Waals surface area contributed by atoms with Crippen molar-refractivity contribution in [2.45, 2.75) is 51.6 Å². The van der Waals surface area contributed by atoms with Crippen LogP contribution >= 0.6 is 0 Å². The Morgan fingerprint density at radius 3 is 2.58 bits per heavy atom. The quantitative estimate of drug-likeness (QED) is 0.431. The predicted octanol–water partition coefficient (Wildman–Crippen LogP) is 5.67. The van der Waals surface area contributed by atoms with Crippen molar-refractivity contribution in [2.75, 3.05) is 5.32 Å². The van der Waals surface area contributed by atoms with E-state index in [-0.39, 0.29) is 17.5 Å². The zero-order valence-electron chi connectivity index (χ0n) is 19.4. The first-order chi connectivity index (χ1) is 15.9. The Kier molecular flexibility index (Phi) is 5.41. The molecule has 168 valence electrons. The van der Waals surface area contributed by atoms with Crippen molar-refractivity contribution >= 4 is 22.6 Å². The van der Waals surface area contributed by atoms with Gasteiger partial charge in [0.25, 0.3) is 0 Å². The third kappa shape index (κ3) is 4.49. The summed E-state index contributed by atoms with van der Waals surface area (Å²) < 4.78 is 1.97. The molecule has 2 amide bonds. The first kappa shape index (κ1) is 21.3. The molecule has 0 saturated heterocycles. The van der Waals surface area contributed by atoms with E-state index in [1.54, 1.807) is 0 Å². The van der Waals surface area contributed by atoms with Crippen LogP contribution in [0.4, 0.5) is 10.5 Å². The molecule has 5 nitrogen and oxygen atoms in total. The van der Waals surface area contributed by atoms with Crippen molar-refractivity contribution < 1.29 is 4.79 Å². The van der Waals surface area contributed by atoms with Gasteiger partial charge in [0.1, 0.15) is 0 Å². The van der Waals surface area contributed by atoms with Crippen molar-refractivity contribution in [2.24, 2.45) is 0 Å². The molecule has 33 heavy (non-hydrogen) atoms. The van der Waals surface area contributed by atoms with Gasteiger partial charge in [-0.2, -0.15) is 5.10 Å². The Bertz CT molecular complexity index is 1300. The van der Waals surface area contributed by atoms with Gasteiger partial charge >= 0.3 is 6.03 Å². The van der Waals surface area contributed by atoms with Crippen LogP contribution in [0.1, 0.15) is 43.0 Å². The largest absolute Gasteiger partial charge is 0.334 e. The van der Waals surface area contributed by atoms with E-state index in [0.717, 1.165) is 29.4 Å². The molecular formula is C28H30N4O. The van der Waals surface area contributed by atoms with Gasteiger partial charge in [0.15, 0.2) is 0 Å². The number of hydrogen-bond donors (Lipinski definition) is 2. The highest BCUT2D eigenvalue weighted by molar-refractivity contribution is 6.00. The summed E-state index contributed by atoms with van der Waals surface area (Å²) >= 11 is 0. The van der Waals surface area contributed by atoms with Crippen LogP contribution in [0.15, 0.2) is 72.9 Å². The molecule has 5 heteroatoms. The summed E-state index contributed by atoms with van der Waals surface area (Å²) in [5, 5.41) is 11.7. The molecule has 3 aromatic carbocycles. The van der Waals surface area contributed by atoms with Crippen LogP contribution < -0.4 is 10.6 Å². The average Bonchev–Trinajstić information content (AvgIpc) is 3.37. The minimum absolute atomic E-state index is 0.107. The van der Waals surface area contributed by atoms with Gasteiger partial charge in [0.05, 0.1) is 23.9 Å². The lowest BCUT2D eigenvalue weighted by atomic mass is 9.85. The minimum Gasteiger partial charge on any atom is -0.334 e. The second-order valence-electron chi connectivity index (χ2n) is 9.96. The van der Waals surface area contributed by atoms with Crippen LogP contribution in [0.25, 0.3) is 10.9 Å². The molecule has 1 atom stereocenters. The standard InChI is InChI=1S/C28H30N4O/c1-28(2,3)22-13-12-20-15-23(16-21(20)14-22)30-27(33)31-25-10-7-11-26-24(25)17-29-32(26)18-19-8-5-4-6-9-19/h4-14,17,23H,15-16,18H2,1-3H3,(H2,30,31,33)/t23-/m1/s1. The summed E-state index contributed by atoms with van der Waals surface area (Å²) in [5.74, 6) is 0. The second-order valence-corrected chi connectivity index (χ2v) is 9.96. The molecule has 0 unspecified atom stereocenters. The number of urea groups is 1. The van der Waals surface area contributed by atoms with Gasteiger partial charge in [-0.25, -0.2) is 4.79 Å². The zero-order chi connectivity index (χ0) is 23.0. The fourth-order valence-corrected chi connectivity index (χ4v) is 4.63. The maximum Gasteiger partial charge on any atom is 0.319 e. The Balaban J connectivity index is 1.27. The van der Waals surface area contributed by atoms with E-state index >= 15 is 0 Å². The van der Waals surface area contributed by atoms with Gasteiger partial charge in [0, 0.05) is 11.4 Å². The number of carbonyl (C=O) groups excluding carboxylic acids is 1. The van der Waals surface area contributed by atoms with Crippen molar-refractivity contribution in [1.82, 2.24) is 15.1 Å². The van der Waals surface area contributed by atoms with E-state index < -0.39 is 0 Å². The number of nitrogens with one attached hydrogen (secondary N) is 2. The Morgan fingerprint density at radius 1 is 1.00 bits per heavy atom. The molecule has 1 aromatic heterocycles. The van der Waals surface area contributed by atoms with Crippen LogP contribution in [0.3, 0.4) is 0 Å². The SMILES string of the molecule is CC(C)(C)c1ccc2c(c1)C[C@H](NC(=O)Nc1cccc3c1cnn3Cc1ccccc1)C2. The smallest absolute Gasteiger partial charge is 0.319 e. The molecule has 2 N–H and O–H groups in total. The number of aromatic nitrogens is 2. The summed E-state index contributed by atoms with van der Waals surface area (Å²) in [5.41, 5.74) is 7.10. The third-order valence-corrected chi connectivity index (χ3v) is 6.45. The van der Waals surface area contributed by atoms with Crippen LogP contribution in [-0.4, -0.2) is 21.9 Å². The maximum atomic E-state index is 12.8. The molecule has 0 radical (unpaired) electrons. The average molecular weight is 439 g/mol. The molecule has 1 heterocycles. The van der Waals surface area contributed by atoms with Gasteiger partial charge in [-0.3, -0.25) is 4.68 Å². The molecule has 0 spiro atoms. The first-order valence-electron chi connectivity index (χ1n) is 11.5. The van der Waals surface area contributed by atoms with E-state index in [2.05, 4.69) is 66.8 Å². The van der Waals surface area contributed by atoms with Crippen molar-refractivity contribution in [1.29, 1.82) is 0 Å². The predicted molar refractivity (Wildman–Crippen MR) is 134 cm³/mol. The van der Waals surface area contributed by atoms with Gasteiger partial charge in [0.2, 0.25) is 0 Å². The molecule has 0 bridgehead atoms. The maximum absolute atomic E-state index is 12.8. The molecule has 0 fully saturated rings. The molecule has 5 rings (SSSR count). The van der Waals surface area contributed by atoms with E-state index in [0.29, 0.717) is 6.54 Å². The van der Waals surface area contributed by atoms with Crippen molar-refractivity contribution in [3.05, 3.63) is 95.2 Å². The second kappa shape index (κ2) is 8.39. The van der Waals surface area contributed by atoms with Crippen molar-refractivity contribution in [3.63, 3.8) is 0 Å². The van der Waals surface area contributed by atoms with E-state index in [1.807, 2.05) is 47.3 Å². The van der Waals surface area contributed by atoms with Gasteiger partial charge in [-0.15, -0.1) is 0 Å².